The van der Waals surface area contributed by atoms with Gasteiger partial charge in [0.2, 0.25) is 0 Å². The lowest BCUT2D eigenvalue weighted by atomic mass is 9.60. The molecule has 3 aliphatic rings. The first-order chi connectivity index (χ1) is 33.7. The molecule has 2 atom stereocenters. The SMILES string of the molecule is c1ccc(-c2nc(-c3ccc(-c4ccc5c(c4)C4c6ccccc6C5c5cc(-c6nc(-c7ccccc7)nc(-c7ccccc7)n6)ccc54)cc3)cc(-c3ccccc3-c3cccnc3)n2)cc1. The van der Waals surface area contributed by atoms with E-state index in [1.165, 1.54) is 38.9 Å². The van der Waals surface area contributed by atoms with Gasteiger partial charge in [-0.3, -0.25) is 4.98 Å². The molecular weight excluding hydrogens is 829 g/mol. The van der Waals surface area contributed by atoms with E-state index in [9.17, 15) is 0 Å². The minimum atomic E-state index is 0.0793. The summed E-state index contributed by atoms with van der Waals surface area (Å²) >= 11 is 0. The van der Waals surface area contributed by atoms with Gasteiger partial charge in [-0.1, -0.05) is 194 Å². The van der Waals surface area contributed by atoms with Gasteiger partial charge in [-0.05, 0) is 74.3 Å². The van der Waals surface area contributed by atoms with Crippen LogP contribution in [0.4, 0.5) is 0 Å². The first-order valence-corrected chi connectivity index (χ1v) is 23.0. The van der Waals surface area contributed by atoms with Gasteiger partial charge in [-0.15, -0.1) is 0 Å². The molecule has 8 aromatic carbocycles. The third-order valence-electron chi connectivity index (χ3n) is 13.4. The summed E-state index contributed by atoms with van der Waals surface area (Å²) in [5.74, 6) is 2.84. The van der Waals surface area contributed by atoms with Crippen LogP contribution in [-0.2, 0) is 0 Å². The van der Waals surface area contributed by atoms with Crippen molar-refractivity contribution in [1.82, 2.24) is 29.9 Å². The average Bonchev–Trinajstić information content (AvgIpc) is 3.43. The zero-order chi connectivity index (χ0) is 45.0. The Hall–Kier alpha value is -9.00. The number of nitrogens with zero attached hydrogens (tertiary/aromatic N) is 6. The van der Waals surface area contributed by atoms with E-state index in [-0.39, 0.29) is 11.8 Å². The van der Waals surface area contributed by atoms with Crippen LogP contribution < -0.4 is 0 Å². The highest BCUT2D eigenvalue weighted by Gasteiger charge is 2.41. The molecule has 0 radical (unpaired) electrons. The highest BCUT2D eigenvalue weighted by atomic mass is 15.0. The molecule has 3 heterocycles. The fourth-order valence-electron chi connectivity index (χ4n) is 10.2. The molecule has 14 rings (SSSR count). The average molecular weight is 869 g/mol. The van der Waals surface area contributed by atoms with Crippen molar-refractivity contribution >= 4 is 0 Å². The van der Waals surface area contributed by atoms with Crippen molar-refractivity contribution in [3.8, 4) is 90.3 Å². The number of rotatable bonds is 8. The standard InChI is InChI=1S/C62H40N6/c1-4-15-41(16-5-1)59-64-55(37-56(65-59)48-23-11-10-22-47(48)46-21-14-34-63-38-46)40-28-26-39(27-29-40)44-30-32-51-53(35-44)57-49-24-12-13-25-50(49)58(51)54-36-45(31-33-52(54)57)62-67-60(42-17-6-2-7-18-42)66-61(68-62)43-19-8-3-9-20-43/h1-38,57-58H. The summed E-state index contributed by atoms with van der Waals surface area (Å²) < 4.78 is 0. The van der Waals surface area contributed by atoms with E-state index >= 15 is 0 Å². The Morgan fingerprint density at radius 3 is 1.25 bits per heavy atom. The van der Waals surface area contributed by atoms with Crippen LogP contribution in [-0.4, -0.2) is 29.9 Å². The van der Waals surface area contributed by atoms with Gasteiger partial charge in [0.1, 0.15) is 0 Å². The summed E-state index contributed by atoms with van der Waals surface area (Å²) in [6.07, 6.45) is 3.70. The molecule has 0 N–H and O–H groups in total. The minimum absolute atomic E-state index is 0.0793. The Kier molecular flexibility index (Phi) is 9.53. The van der Waals surface area contributed by atoms with Crippen LogP contribution in [0.2, 0.25) is 0 Å². The third kappa shape index (κ3) is 6.90. The summed E-state index contributed by atoms with van der Waals surface area (Å²) in [5, 5.41) is 0. The summed E-state index contributed by atoms with van der Waals surface area (Å²) in [7, 11) is 0. The van der Waals surface area contributed by atoms with Crippen molar-refractivity contribution in [1.29, 1.82) is 0 Å². The van der Waals surface area contributed by atoms with Gasteiger partial charge in [0.25, 0.3) is 0 Å². The number of hydrogen-bond donors (Lipinski definition) is 0. The van der Waals surface area contributed by atoms with E-state index in [2.05, 4.69) is 163 Å². The van der Waals surface area contributed by atoms with Gasteiger partial charge in [0.05, 0.1) is 11.4 Å². The Balaban J connectivity index is 0.869. The predicted molar refractivity (Wildman–Crippen MR) is 271 cm³/mol. The van der Waals surface area contributed by atoms with E-state index in [1.807, 2.05) is 66.9 Å². The van der Waals surface area contributed by atoms with Crippen LogP contribution in [0.3, 0.4) is 0 Å². The Bertz CT molecular complexity index is 3610. The van der Waals surface area contributed by atoms with Crippen molar-refractivity contribution in [3.63, 3.8) is 0 Å². The second-order valence-electron chi connectivity index (χ2n) is 17.4. The first-order valence-electron chi connectivity index (χ1n) is 23.0. The van der Waals surface area contributed by atoms with E-state index in [4.69, 9.17) is 24.9 Å². The number of hydrogen-bond acceptors (Lipinski definition) is 6. The minimum Gasteiger partial charge on any atom is -0.264 e. The highest BCUT2D eigenvalue weighted by molar-refractivity contribution is 5.84. The molecule has 11 aromatic rings. The molecule has 0 saturated heterocycles. The number of aromatic nitrogens is 6. The van der Waals surface area contributed by atoms with Gasteiger partial charge >= 0.3 is 0 Å². The molecule has 6 nitrogen and oxygen atoms in total. The molecule has 0 fully saturated rings. The van der Waals surface area contributed by atoms with Crippen LogP contribution >= 0.6 is 0 Å². The maximum Gasteiger partial charge on any atom is 0.164 e. The second kappa shape index (κ2) is 16.5. The van der Waals surface area contributed by atoms with Gasteiger partial charge in [-0.2, -0.15) is 0 Å². The van der Waals surface area contributed by atoms with E-state index in [0.717, 1.165) is 61.5 Å². The summed E-state index contributed by atoms with van der Waals surface area (Å²) in [6.45, 7) is 0. The maximum absolute atomic E-state index is 5.16. The van der Waals surface area contributed by atoms with Crippen LogP contribution in [0.5, 0.6) is 0 Å². The molecule has 0 spiro atoms. The van der Waals surface area contributed by atoms with Crippen LogP contribution in [0.1, 0.15) is 45.2 Å². The Morgan fingerprint density at radius 1 is 0.250 bits per heavy atom. The van der Waals surface area contributed by atoms with Crippen molar-refractivity contribution < 1.29 is 0 Å². The zero-order valence-electron chi connectivity index (χ0n) is 36.8. The molecule has 0 amide bonds. The molecule has 68 heavy (non-hydrogen) atoms. The van der Waals surface area contributed by atoms with E-state index in [1.54, 1.807) is 6.20 Å². The van der Waals surface area contributed by atoms with Crippen molar-refractivity contribution in [2.24, 2.45) is 0 Å². The van der Waals surface area contributed by atoms with Crippen LogP contribution in [0.25, 0.3) is 90.3 Å². The molecule has 2 unspecified atom stereocenters. The smallest absolute Gasteiger partial charge is 0.164 e. The summed E-state index contributed by atoms with van der Waals surface area (Å²) in [4.78, 5) is 29.8. The molecule has 6 heteroatoms. The predicted octanol–water partition coefficient (Wildman–Crippen LogP) is 14.4. The Morgan fingerprint density at radius 2 is 0.676 bits per heavy atom. The summed E-state index contributed by atoms with van der Waals surface area (Å²) in [5.41, 5.74) is 20.1. The van der Waals surface area contributed by atoms with Crippen LogP contribution in [0.15, 0.2) is 231 Å². The molecule has 318 valence electrons. The molecule has 0 aliphatic heterocycles. The number of pyridine rings is 1. The molecule has 0 saturated carbocycles. The fourth-order valence-corrected chi connectivity index (χ4v) is 10.2. The van der Waals surface area contributed by atoms with Gasteiger partial charge < -0.3 is 0 Å². The lowest BCUT2D eigenvalue weighted by molar-refractivity contribution is 0.755. The van der Waals surface area contributed by atoms with E-state index < -0.39 is 0 Å². The lowest BCUT2D eigenvalue weighted by Crippen LogP contribution is -2.27. The van der Waals surface area contributed by atoms with Crippen molar-refractivity contribution in [3.05, 3.63) is 264 Å². The molecule has 3 aromatic heterocycles. The quantitative estimate of drug-likeness (QED) is 0.151. The van der Waals surface area contributed by atoms with E-state index in [0.29, 0.717) is 23.3 Å². The van der Waals surface area contributed by atoms with Crippen molar-refractivity contribution in [2.75, 3.05) is 0 Å². The van der Waals surface area contributed by atoms with Gasteiger partial charge in [0.15, 0.2) is 23.3 Å². The summed E-state index contributed by atoms with van der Waals surface area (Å²) in [6, 6.07) is 76.8. The van der Waals surface area contributed by atoms with Gasteiger partial charge in [-0.25, -0.2) is 24.9 Å². The first kappa shape index (κ1) is 39.4. The maximum atomic E-state index is 5.16. The second-order valence-corrected chi connectivity index (χ2v) is 17.4. The highest BCUT2D eigenvalue weighted by Crippen LogP contribution is 2.56. The zero-order valence-corrected chi connectivity index (χ0v) is 36.8. The monoisotopic (exact) mass is 868 g/mol. The third-order valence-corrected chi connectivity index (χ3v) is 13.4. The van der Waals surface area contributed by atoms with Gasteiger partial charge in [0, 0.05) is 63.2 Å². The Labute approximate surface area is 394 Å². The fraction of sp³-hybridized carbons (Fsp3) is 0.0323. The topological polar surface area (TPSA) is 77.3 Å². The molecular formula is C62H40N6. The lowest BCUT2D eigenvalue weighted by Gasteiger charge is -2.42. The molecule has 2 bridgehead atoms. The van der Waals surface area contributed by atoms with Crippen LogP contribution in [0, 0.1) is 0 Å². The normalized spacial score (nSPS) is 14.2. The molecule has 3 aliphatic carbocycles. The van der Waals surface area contributed by atoms with Crippen molar-refractivity contribution in [2.45, 2.75) is 11.8 Å². The number of benzene rings is 8. The largest absolute Gasteiger partial charge is 0.264 e.